The molecule has 1 aromatic carbocycles. The number of nitrogens with one attached hydrogen (secondary N) is 1. The molecule has 0 amide bonds. The molecular weight excluding hydrogens is 232 g/mol. The third-order valence-corrected chi connectivity index (χ3v) is 3.22. The van der Waals surface area contributed by atoms with E-state index >= 15 is 0 Å². The average molecular weight is 246 g/mol. The Kier molecular flexibility index (Phi) is 2.68. The number of hydrogen-bond donors (Lipinski definition) is 2. The molecule has 3 rings (SSSR count). The number of carboxylic acids is 1. The van der Waals surface area contributed by atoms with Crippen LogP contribution in [0.2, 0.25) is 0 Å². The van der Waals surface area contributed by atoms with Crippen LogP contribution in [-0.2, 0) is 4.74 Å². The van der Waals surface area contributed by atoms with Gasteiger partial charge < -0.3 is 19.7 Å². The predicted molar refractivity (Wildman–Crippen MR) is 68.3 cm³/mol. The summed E-state index contributed by atoms with van der Waals surface area (Å²) in [7, 11) is 0. The number of fused-ring (bicyclic) bond motifs is 1. The smallest absolute Gasteiger partial charge is 0.352 e. The molecule has 0 spiro atoms. The van der Waals surface area contributed by atoms with E-state index in [0.717, 1.165) is 29.7 Å². The van der Waals surface area contributed by atoms with E-state index < -0.39 is 5.97 Å². The number of morpholine rings is 1. The van der Waals surface area contributed by atoms with Gasteiger partial charge in [0.25, 0.3) is 0 Å². The van der Waals surface area contributed by atoms with E-state index in [0.29, 0.717) is 13.2 Å². The Labute approximate surface area is 104 Å². The summed E-state index contributed by atoms with van der Waals surface area (Å²) in [5.74, 6) is -0.931. The average Bonchev–Trinajstić information content (AvgIpc) is 2.83. The number of aromatic nitrogens is 1. The highest BCUT2D eigenvalue weighted by atomic mass is 16.5. The lowest BCUT2D eigenvalue weighted by atomic mass is 10.2. The van der Waals surface area contributed by atoms with Gasteiger partial charge in [0.15, 0.2) is 0 Å². The maximum atomic E-state index is 11.0. The van der Waals surface area contributed by atoms with E-state index in [1.807, 2.05) is 18.2 Å². The van der Waals surface area contributed by atoms with Crippen LogP contribution in [0, 0.1) is 0 Å². The number of carbonyl (C=O) groups is 1. The topological polar surface area (TPSA) is 65.6 Å². The molecule has 0 aliphatic carbocycles. The first-order valence-corrected chi connectivity index (χ1v) is 5.93. The molecular formula is C13H14N2O3. The molecule has 94 valence electrons. The van der Waals surface area contributed by atoms with Gasteiger partial charge in [-0.05, 0) is 12.1 Å². The second-order valence-corrected chi connectivity index (χ2v) is 4.33. The molecule has 1 saturated heterocycles. The molecule has 1 fully saturated rings. The highest BCUT2D eigenvalue weighted by Crippen LogP contribution is 2.27. The number of benzene rings is 1. The Bertz CT molecular complexity index is 585. The van der Waals surface area contributed by atoms with Gasteiger partial charge in [0.2, 0.25) is 0 Å². The normalized spacial score (nSPS) is 16.1. The van der Waals surface area contributed by atoms with E-state index in [4.69, 9.17) is 9.84 Å². The molecule has 2 aromatic rings. The molecule has 2 heterocycles. The lowest BCUT2D eigenvalue weighted by Gasteiger charge is -2.29. The van der Waals surface area contributed by atoms with Gasteiger partial charge >= 0.3 is 5.97 Å². The molecule has 1 aliphatic heterocycles. The van der Waals surface area contributed by atoms with Crippen molar-refractivity contribution in [3.8, 4) is 0 Å². The molecule has 0 saturated carbocycles. The van der Waals surface area contributed by atoms with Gasteiger partial charge in [-0.1, -0.05) is 12.1 Å². The molecule has 5 heteroatoms. The highest BCUT2D eigenvalue weighted by Gasteiger charge is 2.16. The molecule has 0 radical (unpaired) electrons. The summed E-state index contributed by atoms with van der Waals surface area (Å²) in [5, 5.41) is 9.95. The fourth-order valence-electron chi connectivity index (χ4n) is 2.32. The van der Waals surface area contributed by atoms with E-state index in [2.05, 4.69) is 9.88 Å². The van der Waals surface area contributed by atoms with Crippen molar-refractivity contribution in [2.75, 3.05) is 31.2 Å². The standard InChI is InChI=1S/C13H14N2O3/c16-13(17)10-8-9-2-1-3-11(12(9)14-10)15-4-6-18-7-5-15/h1-3,8,14H,4-7H2,(H,16,17). The fourth-order valence-corrected chi connectivity index (χ4v) is 2.32. The lowest BCUT2D eigenvalue weighted by Crippen LogP contribution is -2.36. The maximum Gasteiger partial charge on any atom is 0.352 e. The van der Waals surface area contributed by atoms with Gasteiger partial charge in [-0.15, -0.1) is 0 Å². The van der Waals surface area contributed by atoms with Crippen LogP contribution in [-0.4, -0.2) is 42.4 Å². The molecule has 0 atom stereocenters. The Morgan fingerprint density at radius 1 is 1.33 bits per heavy atom. The monoisotopic (exact) mass is 246 g/mol. The Balaban J connectivity index is 2.07. The molecule has 1 aromatic heterocycles. The van der Waals surface area contributed by atoms with Crippen molar-refractivity contribution in [1.82, 2.24) is 4.98 Å². The fraction of sp³-hybridized carbons (Fsp3) is 0.308. The van der Waals surface area contributed by atoms with E-state index in [1.165, 1.54) is 0 Å². The number of rotatable bonds is 2. The summed E-state index contributed by atoms with van der Waals surface area (Å²) in [4.78, 5) is 16.2. The summed E-state index contributed by atoms with van der Waals surface area (Å²) in [6.07, 6.45) is 0. The van der Waals surface area contributed by atoms with Gasteiger partial charge in [0, 0.05) is 18.5 Å². The van der Waals surface area contributed by atoms with Crippen molar-refractivity contribution in [1.29, 1.82) is 0 Å². The molecule has 18 heavy (non-hydrogen) atoms. The second kappa shape index (κ2) is 4.34. The number of para-hydroxylation sites is 1. The van der Waals surface area contributed by atoms with Crippen LogP contribution in [0.4, 0.5) is 5.69 Å². The van der Waals surface area contributed by atoms with E-state index in [1.54, 1.807) is 6.07 Å². The summed E-state index contributed by atoms with van der Waals surface area (Å²) in [6, 6.07) is 7.55. The van der Waals surface area contributed by atoms with Crippen molar-refractivity contribution in [2.45, 2.75) is 0 Å². The number of H-pyrrole nitrogens is 1. The minimum Gasteiger partial charge on any atom is -0.477 e. The van der Waals surface area contributed by atoms with Crippen LogP contribution < -0.4 is 4.90 Å². The van der Waals surface area contributed by atoms with Gasteiger partial charge in [-0.2, -0.15) is 0 Å². The quantitative estimate of drug-likeness (QED) is 0.846. The third-order valence-electron chi connectivity index (χ3n) is 3.22. The van der Waals surface area contributed by atoms with Crippen molar-refractivity contribution in [3.05, 3.63) is 30.0 Å². The second-order valence-electron chi connectivity index (χ2n) is 4.33. The Hall–Kier alpha value is -2.01. The molecule has 1 aliphatic rings. The van der Waals surface area contributed by atoms with Gasteiger partial charge in [0.05, 0.1) is 24.4 Å². The minimum atomic E-state index is -0.931. The SMILES string of the molecule is O=C(O)c1cc2cccc(N3CCOCC3)c2[nH]1. The van der Waals surface area contributed by atoms with E-state index in [-0.39, 0.29) is 5.69 Å². The van der Waals surface area contributed by atoms with Gasteiger partial charge in [-0.25, -0.2) is 4.79 Å². The van der Waals surface area contributed by atoms with Crippen molar-refractivity contribution in [2.24, 2.45) is 0 Å². The number of hydrogen-bond acceptors (Lipinski definition) is 3. The summed E-state index contributed by atoms with van der Waals surface area (Å²) >= 11 is 0. The summed E-state index contributed by atoms with van der Waals surface area (Å²) in [6.45, 7) is 3.09. The van der Waals surface area contributed by atoms with Crippen molar-refractivity contribution in [3.63, 3.8) is 0 Å². The van der Waals surface area contributed by atoms with Crippen molar-refractivity contribution >= 4 is 22.6 Å². The maximum absolute atomic E-state index is 11.0. The third kappa shape index (κ3) is 1.82. The van der Waals surface area contributed by atoms with Crippen LogP contribution in [0.1, 0.15) is 10.5 Å². The zero-order chi connectivity index (χ0) is 12.5. The molecule has 5 nitrogen and oxygen atoms in total. The predicted octanol–water partition coefficient (Wildman–Crippen LogP) is 1.70. The minimum absolute atomic E-state index is 0.228. The number of ether oxygens (including phenoxy) is 1. The van der Waals surface area contributed by atoms with Crippen LogP contribution in [0.5, 0.6) is 0 Å². The highest BCUT2D eigenvalue weighted by molar-refractivity contribution is 5.98. The van der Waals surface area contributed by atoms with E-state index in [9.17, 15) is 4.79 Å². The summed E-state index contributed by atoms with van der Waals surface area (Å²) < 4.78 is 5.33. The van der Waals surface area contributed by atoms with Gasteiger partial charge in [0.1, 0.15) is 5.69 Å². The molecule has 2 N–H and O–H groups in total. The van der Waals surface area contributed by atoms with Crippen LogP contribution in [0.25, 0.3) is 10.9 Å². The first-order valence-electron chi connectivity index (χ1n) is 5.93. The van der Waals surface area contributed by atoms with Crippen LogP contribution >= 0.6 is 0 Å². The van der Waals surface area contributed by atoms with Gasteiger partial charge in [-0.3, -0.25) is 0 Å². The first-order chi connectivity index (χ1) is 8.75. The Morgan fingerprint density at radius 2 is 2.11 bits per heavy atom. The molecule has 0 unspecified atom stereocenters. The zero-order valence-corrected chi connectivity index (χ0v) is 9.85. The first kappa shape index (κ1) is 11.1. The van der Waals surface area contributed by atoms with Crippen LogP contribution in [0.3, 0.4) is 0 Å². The number of nitrogens with zero attached hydrogens (tertiary/aromatic N) is 1. The number of anilines is 1. The number of carboxylic acid groups (broad SMARTS) is 1. The van der Waals surface area contributed by atoms with Crippen molar-refractivity contribution < 1.29 is 14.6 Å². The largest absolute Gasteiger partial charge is 0.477 e. The van der Waals surface area contributed by atoms with Crippen LogP contribution in [0.15, 0.2) is 24.3 Å². The number of aromatic carboxylic acids is 1. The summed E-state index contributed by atoms with van der Waals surface area (Å²) in [5.41, 5.74) is 2.16. The number of aromatic amines is 1. The zero-order valence-electron chi connectivity index (χ0n) is 9.85. The molecule has 0 bridgehead atoms. The Morgan fingerprint density at radius 3 is 2.83 bits per heavy atom. The lowest BCUT2D eigenvalue weighted by molar-refractivity contribution is 0.0691.